The number of likely N-dealkylation sites (tertiary alicyclic amines) is 1. The normalized spacial score (nSPS) is 28.0. The van der Waals surface area contributed by atoms with Crippen molar-refractivity contribution in [3.63, 3.8) is 0 Å². The third-order valence-corrected chi connectivity index (χ3v) is 5.45. The van der Waals surface area contributed by atoms with Crippen molar-refractivity contribution in [2.24, 2.45) is 5.41 Å². The first kappa shape index (κ1) is 17.7. The van der Waals surface area contributed by atoms with Gasteiger partial charge in [0.05, 0.1) is 12.6 Å². The van der Waals surface area contributed by atoms with Crippen LogP contribution in [0.1, 0.15) is 65.7 Å². The van der Waals surface area contributed by atoms with E-state index < -0.39 is 0 Å². The van der Waals surface area contributed by atoms with E-state index in [1.807, 2.05) is 4.90 Å². The molecule has 0 aromatic rings. The number of nitrogens with one attached hydrogen (secondary N) is 1. The Labute approximate surface area is 136 Å². The van der Waals surface area contributed by atoms with Crippen LogP contribution in [0.2, 0.25) is 0 Å². The van der Waals surface area contributed by atoms with Crippen LogP contribution in [0.25, 0.3) is 0 Å². The van der Waals surface area contributed by atoms with Crippen molar-refractivity contribution in [1.82, 2.24) is 10.2 Å². The number of unbranched alkanes of at least 4 members (excludes halogenated alkanes) is 1. The lowest BCUT2D eigenvalue weighted by Gasteiger charge is -2.52. The highest BCUT2D eigenvalue weighted by molar-refractivity contribution is 5.78. The highest BCUT2D eigenvalue weighted by Crippen LogP contribution is 2.42. The van der Waals surface area contributed by atoms with E-state index in [-0.39, 0.29) is 11.3 Å². The molecule has 0 aromatic carbocycles. The number of hydrogen-bond donors (Lipinski definition) is 1. The van der Waals surface area contributed by atoms with Crippen LogP contribution in [-0.4, -0.2) is 49.2 Å². The van der Waals surface area contributed by atoms with E-state index in [4.69, 9.17) is 4.74 Å². The van der Waals surface area contributed by atoms with Gasteiger partial charge in [0.15, 0.2) is 0 Å². The van der Waals surface area contributed by atoms with Crippen molar-refractivity contribution in [1.29, 1.82) is 0 Å². The Morgan fingerprint density at radius 2 is 1.91 bits per heavy atom. The van der Waals surface area contributed by atoms with Gasteiger partial charge in [0, 0.05) is 31.2 Å². The second-order valence-electron chi connectivity index (χ2n) is 7.50. The molecule has 0 unspecified atom stereocenters. The first-order valence-electron chi connectivity index (χ1n) is 9.18. The molecule has 1 heterocycles. The van der Waals surface area contributed by atoms with Crippen molar-refractivity contribution in [2.45, 2.75) is 77.9 Å². The fraction of sp³-hybridized carbons (Fsp3) is 0.944. The number of nitrogens with zero attached hydrogens (tertiary/aromatic N) is 1. The summed E-state index contributed by atoms with van der Waals surface area (Å²) in [6, 6.07) is 0.398. The fourth-order valence-electron chi connectivity index (χ4n) is 3.53. The molecule has 1 N–H and O–H groups in total. The van der Waals surface area contributed by atoms with E-state index >= 15 is 0 Å². The molecular weight excluding hydrogens is 276 g/mol. The molecule has 0 bridgehead atoms. The molecule has 1 saturated heterocycles. The lowest BCUT2D eigenvalue weighted by Crippen LogP contribution is -2.62. The lowest BCUT2D eigenvalue weighted by molar-refractivity contribution is -0.135. The number of ether oxygens (including phenoxy) is 1. The zero-order valence-electron chi connectivity index (χ0n) is 14.7. The first-order valence-corrected chi connectivity index (χ1v) is 9.18. The highest BCUT2D eigenvalue weighted by atomic mass is 16.5. The summed E-state index contributed by atoms with van der Waals surface area (Å²) in [5, 5.41) is 3.48. The quantitative estimate of drug-likeness (QED) is 0.735. The van der Waals surface area contributed by atoms with Gasteiger partial charge >= 0.3 is 0 Å². The van der Waals surface area contributed by atoms with Gasteiger partial charge in [-0.3, -0.25) is 4.79 Å². The predicted molar refractivity (Wildman–Crippen MR) is 89.9 cm³/mol. The summed E-state index contributed by atoms with van der Waals surface area (Å²) in [4.78, 5) is 14.4. The maximum absolute atomic E-state index is 12.3. The Kier molecular flexibility index (Phi) is 6.69. The van der Waals surface area contributed by atoms with Gasteiger partial charge in [0.1, 0.15) is 0 Å². The molecule has 2 rings (SSSR count). The van der Waals surface area contributed by atoms with Gasteiger partial charge < -0.3 is 15.0 Å². The lowest BCUT2D eigenvalue weighted by atomic mass is 9.64. The number of amides is 1. The molecule has 0 aromatic heterocycles. The summed E-state index contributed by atoms with van der Waals surface area (Å²) in [6.07, 6.45) is 8.54. The highest BCUT2D eigenvalue weighted by Gasteiger charge is 2.48. The van der Waals surface area contributed by atoms with Crippen LogP contribution in [0.15, 0.2) is 0 Å². The van der Waals surface area contributed by atoms with Crippen molar-refractivity contribution in [3.05, 3.63) is 0 Å². The van der Waals surface area contributed by atoms with Gasteiger partial charge in [-0.1, -0.05) is 40.0 Å². The van der Waals surface area contributed by atoms with Crippen LogP contribution in [0.3, 0.4) is 0 Å². The van der Waals surface area contributed by atoms with Gasteiger partial charge in [-0.25, -0.2) is 0 Å². The molecular formula is C18H34N2O2. The van der Waals surface area contributed by atoms with Crippen molar-refractivity contribution in [2.75, 3.05) is 26.2 Å². The predicted octanol–water partition coefficient (Wildman–Crippen LogP) is 2.96. The molecule has 0 radical (unpaired) electrons. The maximum Gasteiger partial charge on any atom is 0.236 e. The van der Waals surface area contributed by atoms with Crippen molar-refractivity contribution in [3.8, 4) is 0 Å². The zero-order chi connectivity index (χ0) is 16.0. The van der Waals surface area contributed by atoms with Crippen molar-refractivity contribution >= 4 is 5.91 Å². The van der Waals surface area contributed by atoms with Crippen LogP contribution >= 0.6 is 0 Å². The van der Waals surface area contributed by atoms with Gasteiger partial charge in [-0.05, 0) is 25.7 Å². The average Bonchev–Trinajstić information content (AvgIpc) is 2.78. The van der Waals surface area contributed by atoms with Gasteiger partial charge in [0.2, 0.25) is 5.91 Å². The fourth-order valence-corrected chi connectivity index (χ4v) is 3.53. The molecule has 2 aliphatic rings. The summed E-state index contributed by atoms with van der Waals surface area (Å²) in [5.74, 6) is 0.271. The smallest absolute Gasteiger partial charge is 0.236 e. The number of carbonyl (C=O) groups excluding carboxylic acids is 1. The summed E-state index contributed by atoms with van der Waals surface area (Å²) in [7, 11) is 0. The molecule has 2 atom stereocenters. The monoisotopic (exact) mass is 310 g/mol. The van der Waals surface area contributed by atoms with Gasteiger partial charge in [-0.15, -0.1) is 0 Å². The van der Waals surface area contributed by atoms with Crippen LogP contribution in [0.4, 0.5) is 0 Å². The summed E-state index contributed by atoms with van der Waals surface area (Å²) >= 11 is 0. The van der Waals surface area contributed by atoms with Gasteiger partial charge in [-0.2, -0.15) is 0 Å². The Morgan fingerprint density at radius 1 is 1.23 bits per heavy atom. The van der Waals surface area contributed by atoms with E-state index in [0.717, 1.165) is 45.4 Å². The molecule has 1 aliphatic heterocycles. The molecule has 4 nitrogen and oxygen atoms in total. The standard InChI is InChI=1S/C18H34N2O2/c1-4-5-12-22-16-13-15(18(16,2)3)19-14-17(21)20-10-8-6-7-9-11-20/h15-16,19H,4-14H2,1-3H3/t15-,16+/m1/s1. The van der Waals surface area contributed by atoms with E-state index in [0.29, 0.717) is 18.7 Å². The largest absolute Gasteiger partial charge is 0.378 e. The topological polar surface area (TPSA) is 41.6 Å². The Balaban J connectivity index is 1.69. The van der Waals surface area contributed by atoms with Crippen LogP contribution in [-0.2, 0) is 9.53 Å². The van der Waals surface area contributed by atoms with Crippen molar-refractivity contribution < 1.29 is 9.53 Å². The molecule has 128 valence electrons. The Hall–Kier alpha value is -0.610. The molecule has 0 spiro atoms. The Bertz CT molecular complexity index is 349. The minimum atomic E-state index is 0.132. The second-order valence-corrected chi connectivity index (χ2v) is 7.50. The molecule has 1 saturated carbocycles. The van der Waals surface area contributed by atoms with Crippen LogP contribution < -0.4 is 5.32 Å². The third kappa shape index (κ3) is 4.45. The molecule has 1 amide bonds. The molecule has 4 heteroatoms. The first-order chi connectivity index (χ1) is 10.6. The maximum atomic E-state index is 12.3. The second kappa shape index (κ2) is 8.30. The van der Waals surface area contributed by atoms with E-state index in [1.165, 1.54) is 19.3 Å². The zero-order valence-corrected chi connectivity index (χ0v) is 14.7. The minimum Gasteiger partial charge on any atom is -0.378 e. The summed E-state index contributed by atoms with van der Waals surface area (Å²) < 4.78 is 5.97. The Morgan fingerprint density at radius 3 is 2.50 bits per heavy atom. The third-order valence-electron chi connectivity index (χ3n) is 5.45. The van der Waals surface area contributed by atoms with E-state index in [1.54, 1.807) is 0 Å². The number of carbonyl (C=O) groups is 1. The minimum absolute atomic E-state index is 0.132. The van der Waals surface area contributed by atoms with E-state index in [2.05, 4.69) is 26.1 Å². The number of hydrogen-bond acceptors (Lipinski definition) is 3. The van der Waals surface area contributed by atoms with Crippen LogP contribution in [0.5, 0.6) is 0 Å². The average molecular weight is 310 g/mol. The molecule has 1 aliphatic carbocycles. The van der Waals surface area contributed by atoms with E-state index in [9.17, 15) is 4.79 Å². The summed E-state index contributed by atoms with van der Waals surface area (Å²) in [5.41, 5.74) is 0.132. The molecule has 2 fully saturated rings. The van der Waals surface area contributed by atoms with Crippen LogP contribution in [0, 0.1) is 5.41 Å². The molecule has 22 heavy (non-hydrogen) atoms. The summed E-state index contributed by atoms with van der Waals surface area (Å²) in [6.45, 7) is 9.92. The SMILES string of the molecule is CCCCO[C@H]1C[C@@H](NCC(=O)N2CCCCCC2)C1(C)C. The number of rotatable bonds is 7. The van der Waals surface area contributed by atoms with Gasteiger partial charge in [0.25, 0.3) is 0 Å².